The van der Waals surface area contributed by atoms with Crippen LogP contribution < -0.4 is 5.73 Å². The molecule has 2 atom stereocenters. The molecule has 1 heterocycles. The number of aromatic nitrogens is 2. The van der Waals surface area contributed by atoms with Crippen LogP contribution in [0.25, 0.3) is 0 Å². The maximum atomic E-state index is 12.0. The van der Waals surface area contributed by atoms with Crippen LogP contribution in [0.15, 0.2) is 4.47 Å². The maximum absolute atomic E-state index is 12.0. The van der Waals surface area contributed by atoms with Crippen molar-refractivity contribution >= 4 is 26.7 Å². The van der Waals surface area contributed by atoms with E-state index in [0.29, 0.717) is 11.5 Å². The number of nitrogens with zero attached hydrogens (tertiary/aromatic N) is 2. The van der Waals surface area contributed by atoms with E-state index in [9.17, 15) is 4.21 Å². The Morgan fingerprint density at radius 3 is 2.71 bits per heavy atom. The minimum Gasteiger partial charge on any atom is -0.327 e. The normalized spacial score (nSPS) is 14.9. The van der Waals surface area contributed by atoms with E-state index >= 15 is 0 Å². The highest BCUT2D eigenvalue weighted by atomic mass is 79.9. The smallest absolute Gasteiger partial charge is 0.0739 e. The monoisotopic (exact) mass is 321 g/mol. The van der Waals surface area contributed by atoms with E-state index in [0.717, 1.165) is 28.8 Å². The van der Waals surface area contributed by atoms with Gasteiger partial charge in [0.1, 0.15) is 0 Å². The largest absolute Gasteiger partial charge is 0.327 e. The van der Waals surface area contributed by atoms with Gasteiger partial charge in [-0.25, -0.2) is 0 Å². The zero-order chi connectivity index (χ0) is 13.0. The van der Waals surface area contributed by atoms with Crippen molar-refractivity contribution in [2.45, 2.75) is 45.5 Å². The van der Waals surface area contributed by atoms with E-state index in [1.807, 2.05) is 25.5 Å². The summed E-state index contributed by atoms with van der Waals surface area (Å²) >= 11 is 3.50. The summed E-state index contributed by atoms with van der Waals surface area (Å²) < 4.78 is 14.8. The molecule has 0 radical (unpaired) electrons. The van der Waals surface area contributed by atoms with Crippen LogP contribution >= 0.6 is 15.9 Å². The first-order valence-corrected chi connectivity index (χ1v) is 8.10. The van der Waals surface area contributed by atoms with Crippen LogP contribution in [0, 0.1) is 6.92 Å². The Morgan fingerprint density at radius 1 is 1.53 bits per heavy atom. The van der Waals surface area contributed by atoms with Gasteiger partial charge >= 0.3 is 0 Å². The van der Waals surface area contributed by atoms with Gasteiger partial charge in [-0.05, 0) is 36.2 Å². The third kappa shape index (κ3) is 3.89. The average molecular weight is 322 g/mol. The number of halogens is 1. The van der Waals surface area contributed by atoms with Gasteiger partial charge in [0.25, 0.3) is 0 Å². The highest BCUT2D eigenvalue weighted by Gasteiger charge is 2.15. The molecule has 0 aliphatic rings. The van der Waals surface area contributed by atoms with Gasteiger partial charge in [-0.2, -0.15) is 5.10 Å². The van der Waals surface area contributed by atoms with Crippen molar-refractivity contribution in [3.05, 3.63) is 15.9 Å². The molecule has 98 valence electrons. The SMILES string of the molecule is CCC(N)CS(=O)Cc1c(Br)c(C)nn1CC. The van der Waals surface area contributed by atoms with Crippen LogP contribution in [-0.4, -0.2) is 25.8 Å². The summed E-state index contributed by atoms with van der Waals surface area (Å²) in [5.41, 5.74) is 7.76. The first kappa shape index (κ1) is 14.9. The molecule has 0 fully saturated rings. The third-order valence-corrected chi connectivity index (χ3v) is 5.10. The zero-order valence-electron chi connectivity index (χ0n) is 10.6. The fraction of sp³-hybridized carbons (Fsp3) is 0.727. The van der Waals surface area contributed by atoms with Crippen molar-refractivity contribution < 1.29 is 4.21 Å². The molecular weight excluding hydrogens is 302 g/mol. The Kier molecular flexibility index (Phi) is 5.82. The second-order valence-electron chi connectivity index (χ2n) is 4.08. The predicted molar refractivity (Wildman–Crippen MR) is 75.3 cm³/mol. The molecule has 0 saturated carbocycles. The van der Waals surface area contributed by atoms with Gasteiger partial charge in [0.15, 0.2) is 0 Å². The summed E-state index contributed by atoms with van der Waals surface area (Å²) in [4.78, 5) is 0. The van der Waals surface area contributed by atoms with E-state index in [1.165, 1.54) is 0 Å². The molecule has 1 rings (SSSR count). The summed E-state index contributed by atoms with van der Waals surface area (Å²) in [5.74, 6) is 1.07. The topological polar surface area (TPSA) is 60.9 Å². The van der Waals surface area contributed by atoms with Gasteiger partial charge in [0.2, 0.25) is 0 Å². The first-order valence-electron chi connectivity index (χ1n) is 5.81. The third-order valence-electron chi connectivity index (χ3n) is 2.67. The van der Waals surface area contributed by atoms with Crippen molar-refractivity contribution in [1.82, 2.24) is 9.78 Å². The van der Waals surface area contributed by atoms with Crippen molar-refractivity contribution in [1.29, 1.82) is 0 Å². The van der Waals surface area contributed by atoms with Gasteiger partial charge in [0, 0.05) is 29.1 Å². The second kappa shape index (κ2) is 6.66. The molecule has 0 spiro atoms. The number of rotatable bonds is 6. The molecule has 0 aromatic carbocycles. The Bertz CT molecular complexity index is 406. The van der Waals surface area contributed by atoms with E-state index in [1.54, 1.807) is 0 Å². The molecule has 6 heteroatoms. The second-order valence-corrected chi connectivity index (χ2v) is 6.38. The lowest BCUT2D eigenvalue weighted by Gasteiger charge is -2.09. The molecule has 0 saturated heterocycles. The van der Waals surface area contributed by atoms with Gasteiger partial charge < -0.3 is 5.73 Å². The molecular formula is C11H20BrN3OS. The highest BCUT2D eigenvalue weighted by Crippen LogP contribution is 2.22. The van der Waals surface area contributed by atoms with Gasteiger partial charge in [-0.15, -0.1) is 0 Å². The van der Waals surface area contributed by atoms with Gasteiger partial charge in [0.05, 0.1) is 21.6 Å². The molecule has 0 amide bonds. The fourth-order valence-electron chi connectivity index (χ4n) is 1.57. The fourth-order valence-corrected chi connectivity index (χ4v) is 3.61. The summed E-state index contributed by atoms with van der Waals surface area (Å²) in [6, 6.07) is 0.0219. The molecule has 17 heavy (non-hydrogen) atoms. The molecule has 0 aliphatic heterocycles. The number of hydrogen-bond acceptors (Lipinski definition) is 3. The van der Waals surface area contributed by atoms with Crippen LogP contribution in [0.5, 0.6) is 0 Å². The lowest BCUT2D eigenvalue weighted by Crippen LogP contribution is -2.26. The Balaban J connectivity index is 2.77. The van der Waals surface area contributed by atoms with Crippen LogP contribution in [0.2, 0.25) is 0 Å². The van der Waals surface area contributed by atoms with Crippen molar-refractivity contribution in [2.24, 2.45) is 5.73 Å². The number of aryl methyl sites for hydroxylation is 2. The van der Waals surface area contributed by atoms with E-state index in [2.05, 4.69) is 21.0 Å². The Morgan fingerprint density at radius 2 is 2.18 bits per heavy atom. The van der Waals surface area contributed by atoms with E-state index in [-0.39, 0.29) is 6.04 Å². The van der Waals surface area contributed by atoms with Gasteiger partial charge in [-0.1, -0.05) is 6.92 Å². The minimum atomic E-state index is -0.926. The molecule has 2 N–H and O–H groups in total. The molecule has 0 bridgehead atoms. The quantitative estimate of drug-likeness (QED) is 0.871. The van der Waals surface area contributed by atoms with Crippen LogP contribution in [0.4, 0.5) is 0 Å². The molecule has 1 aromatic rings. The first-order chi connectivity index (χ1) is 7.99. The lowest BCUT2D eigenvalue weighted by atomic mass is 10.3. The van der Waals surface area contributed by atoms with Crippen LogP contribution in [0.3, 0.4) is 0 Å². The standard InChI is InChI=1S/C11H20BrN3OS/c1-4-9(13)6-17(16)7-10-11(12)8(3)14-15(10)5-2/h9H,4-7,13H2,1-3H3. The molecule has 2 unspecified atom stereocenters. The Hall–Kier alpha value is -0.200. The molecule has 1 aromatic heterocycles. The molecule has 0 aliphatic carbocycles. The summed E-state index contributed by atoms with van der Waals surface area (Å²) in [6.45, 7) is 6.78. The number of nitrogens with two attached hydrogens (primary N) is 1. The highest BCUT2D eigenvalue weighted by molar-refractivity contribution is 9.10. The molecule has 4 nitrogen and oxygen atoms in total. The zero-order valence-corrected chi connectivity index (χ0v) is 13.0. The summed E-state index contributed by atoms with van der Waals surface area (Å²) in [6.07, 6.45) is 0.860. The van der Waals surface area contributed by atoms with Crippen molar-refractivity contribution in [3.8, 4) is 0 Å². The Labute approximate surface area is 114 Å². The van der Waals surface area contributed by atoms with Crippen LogP contribution in [-0.2, 0) is 23.1 Å². The summed E-state index contributed by atoms with van der Waals surface area (Å²) in [7, 11) is -0.926. The van der Waals surface area contributed by atoms with Crippen LogP contribution in [0.1, 0.15) is 31.7 Å². The lowest BCUT2D eigenvalue weighted by molar-refractivity contribution is 0.624. The van der Waals surface area contributed by atoms with Gasteiger partial charge in [-0.3, -0.25) is 8.89 Å². The average Bonchev–Trinajstić information content (AvgIpc) is 2.56. The maximum Gasteiger partial charge on any atom is 0.0739 e. The summed E-state index contributed by atoms with van der Waals surface area (Å²) in [5, 5.41) is 4.39. The van der Waals surface area contributed by atoms with Crippen molar-refractivity contribution in [3.63, 3.8) is 0 Å². The van der Waals surface area contributed by atoms with E-state index in [4.69, 9.17) is 5.73 Å². The van der Waals surface area contributed by atoms with E-state index < -0.39 is 10.8 Å². The predicted octanol–water partition coefficient (Wildman–Crippen LogP) is 1.96. The van der Waals surface area contributed by atoms with Crippen molar-refractivity contribution in [2.75, 3.05) is 5.75 Å². The number of hydrogen-bond donors (Lipinski definition) is 1. The minimum absolute atomic E-state index is 0.0219.